The van der Waals surface area contributed by atoms with Gasteiger partial charge in [-0.15, -0.1) is 0 Å². The van der Waals surface area contributed by atoms with E-state index in [-0.39, 0.29) is 18.4 Å². The van der Waals surface area contributed by atoms with Crippen molar-refractivity contribution in [3.63, 3.8) is 0 Å². The smallest absolute Gasteiger partial charge is 0.248 e. The molecule has 0 spiro atoms. The van der Waals surface area contributed by atoms with E-state index in [4.69, 9.17) is 0 Å². The number of aryl methyl sites for hydroxylation is 1. The van der Waals surface area contributed by atoms with E-state index < -0.39 is 0 Å². The first-order valence-electron chi connectivity index (χ1n) is 6.97. The van der Waals surface area contributed by atoms with E-state index in [1.807, 2.05) is 31.2 Å². The first-order chi connectivity index (χ1) is 9.61. The van der Waals surface area contributed by atoms with Crippen molar-refractivity contribution in [2.24, 2.45) is 0 Å². The molecule has 5 nitrogen and oxygen atoms in total. The molecule has 2 amide bonds. The van der Waals surface area contributed by atoms with E-state index in [1.54, 1.807) is 9.80 Å². The molecule has 0 radical (unpaired) electrons. The normalized spacial score (nSPS) is 15.0. The molecule has 1 aromatic rings. The molecule has 1 aliphatic heterocycles. The van der Waals surface area contributed by atoms with Crippen LogP contribution in [0.5, 0.6) is 0 Å². The number of hydrogen-bond acceptors (Lipinski definition) is 3. The Bertz CT molecular complexity index is 502. The molecule has 108 valence electrons. The van der Waals surface area contributed by atoms with Crippen LogP contribution in [0.1, 0.15) is 18.9 Å². The van der Waals surface area contributed by atoms with Crippen molar-refractivity contribution in [3.05, 3.63) is 29.8 Å². The highest BCUT2D eigenvalue weighted by Gasteiger charge is 2.31. The van der Waals surface area contributed by atoms with Gasteiger partial charge < -0.3 is 10.2 Å². The van der Waals surface area contributed by atoms with Crippen LogP contribution < -0.4 is 10.2 Å². The maximum atomic E-state index is 12.0. The standard InChI is InChI=1S/C15H21N3O2/c1-3-7-16-9-14(19)17-10-15(20)18(11-17)13-6-4-5-12(2)8-13/h4-6,8,16H,3,7,9-11H2,1-2H3. The molecule has 1 aromatic carbocycles. The van der Waals surface area contributed by atoms with E-state index in [0.717, 1.165) is 24.2 Å². The SMILES string of the molecule is CCCNCC(=O)N1CC(=O)N(c2cccc(C)c2)C1. The maximum Gasteiger partial charge on any atom is 0.248 e. The van der Waals surface area contributed by atoms with Crippen molar-refractivity contribution < 1.29 is 9.59 Å². The van der Waals surface area contributed by atoms with Crippen LogP contribution in [0.15, 0.2) is 24.3 Å². The molecule has 1 saturated heterocycles. The number of rotatable bonds is 5. The minimum atomic E-state index is -0.0283. The van der Waals surface area contributed by atoms with Gasteiger partial charge in [-0.1, -0.05) is 19.1 Å². The summed E-state index contributed by atoms with van der Waals surface area (Å²) < 4.78 is 0. The Kier molecular flexibility index (Phi) is 4.74. The van der Waals surface area contributed by atoms with Crippen molar-refractivity contribution in [2.75, 3.05) is 31.2 Å². The van der Waals surface area contributed by atoms with Crippen LogP contribution in [-0.2, 0) is 9.59 Å². The minimum absolute atomic E-state index is 0.0260. The van der Waals surface area contributed by atoms with Gasteiger partial charge >= 0.3 is 0 Å². The van der Waals surface area contributed by atoms with Gasteiger partial charge in [0, 0.05) is 5.69 Å². The lowest BCUT2D eigenvalue weighted by Gasteiger charge is -2.18. The van der Waals surface area contributed by atoms with Gasteiger partial charge in [0.1, 0.15) is 13.2 Å². The number of carbonyl (C=O) groups is 2. The van der Waals surface area contributed by atoms with Crippen LogP contribution >= 0.6 is 0 Å². The summed E-state index contributed by atoms with van der Waals surface area (Å²) in [5.41, 5.74) is 1.96. The lowest BCUT2D eigenvalue weighted by Crippen LogP contribution is -2.38. The second kappa shape index (κ2) is 6.52. The van der Waals surface area contributed by atoms with E-state index in [1.165, 1.54) is 0 Å². The lowest BCUT2D eigenvalue weighted by molar-refractivity contribution is -0.130. The van der Waals surface area contributed by atoms with E-state index >= 15 is 0 Å². The van der Waals surface area contributed by atoms with Crippen LogP contribution in [-0.4, -0.2) is 43.0 Å². The summed E-state index contributed by atoms with van der Waals surface area (Å²) in [6.07, 6.45) is 0.988. The van der Waals surface area contributed by atoms with Crippen molar-refractivity contribution in [2.45, 2.75) is 20.3 Å². The molecule has 0 bridgehead atoms. The molecule has 1 fully saturated rings. The zero-order chi connectivity index (χ0) is 14.5. The van der Waals surface area contributed by atoms with E-state index in [9.17, 15) is 9.59 Å². The van der Waals surface area contributed by atoms with Gasteiger partial charge in [0.2, 0.25) is 11.8 Å². The lowest BCUT2D eigenvalue weighted by atomic mass is 10.2. The number of nitrogens with one attached hydrogen (secondary N) is 1. The summed E-state index contributed by atoms with van der Waals surface area (Å²) in [6.45, 7) is 5.66. The molecule has 0 saturated carbocycles. The monoisotopic (exact) mass is 275 g/mol. The van der Waals surface area contributed by atoms with Crippen molar-refractivity contribution in [1.82, 2.24) is 10.2 Å². The van der Waals surface area contributed by atoms with Crippen molar-refractivity contribution in [1.29, 1.82) is 0 Å². The van der Waals surface area contributed by atoms with E-state index in [0.29, 0.717) is 13.2 Å². The number of amides is 2. The van der Waals surface area contributed by atoms with Gasteiger partial charge in [0.05, 0.1) is 6.54 Å². The highest BCUT2D eigenvalue weighted by molar-refractivity contribution is 6.00. The van der Waals surface area contributed by atoms with Crippen LogP contribution in [0.2, 0.25) is 0 Å². The number of benzene rings is 1. The Morgan fingerprint density at radius 1 is 1.40 bits per heavy atom. The topological polar surface area (TPSA) is 52.7 Å². The third-order valence-electron chi connectivity index (χ3n) is 3.31. The summed E-state index contributed by atoms with van der Waals surface area (Å²) in [5, 5.41) is 3.07. The molecule has 1 heterocycles. The number of nitrogens with zero attached hydrogens (tertiary/aromatic N) is 2. The number of hydrogen-bond donors (Lipinski definition) is 1. The van der Waals surface area contributed by atoms with Gasteiger partial charge in [0.25, 0.3) is 0 Å². The molecule has 1 aliphatic rings. The summed E-state index contributed by atoms with van der Waals surface area (Å²) in [5.74, 6) is -0.0543. The average Bonchev–Trinajstić information content (AvgIpc) is 2.81. The third-order valence-corrected chi connectivity index (χ3v) is 3.31. The largest absolute Gasteiger partial charge is 0.314 e. The van der Waals surface area contributed by atoms with Gasteiger partial charge in [-0.25, -0.2) is 0 Å². The summed E-state index contributed by atoms with van der Waals surface area (Å²) in [7, 11) is 0. The molecule has 0 aromatic heterocycles. The fourth-order valence-electron chi connectivity index (χ4n) is 2.22. The zero-order valence-corrected chi connectivity index (χ0v) is 12.1. The van der Waals surface area contributed by atoms with Crippen molar-refractivity contribution >= 4 is 17.5 Å². The van der Waals surface area contributed by atoms with Crippen LogP contribution in [0, 0.1) is 6.92 Å². The van der Waals surface area contributed by atoms with Crippen LogP contribution in [0.3, 0.4) is 0 Å². The minimum Gasteiger partial charge on any atom is -0.314 e. The predicted octanol–water partition coefficient (Wildman–Crippen LogP) is 1.13. The molecular formula is C15H21N3O2. The first kappa shape index (κ1) is 14.5. The van der Waals surface area contributed by atoms with Crippen LogP contribution in [0.4, 0.5) is 5.69 Å². The van der Waals surface area contributed by atoms with Gasteiger partial charge in [-0.2, -0.15) is 0 Å². The fraction of sp³-hybridized carbons (Fsp3) is 0.467. The van der Waals surface area contributed by atoms with Crippen molar-refractivity contribution in [3.8, 4) is 0 Å². The van der Waals surface area contributed by atoms with Gasteiger partial charge in [-0.05, 0) is 37.6 Å². The third kappa shape index (κ3) is 3.36. The Morgan fingerprint density at radius 3 is 2.90 bits per heavy atom. The molecule has 5 heteroatoms. The summed E-state index contributed by atoms with van der Waals surface area (Å²) >= 11 is 0. The quantitative estimate of drug-likeness (QED) is 0.820. The fourth-order valence-corrected chi connectivity index (χ4v) is 2.22. The van der Waals surface area contributed by atoms with Crippen LogP contribution in [0.25, 0.3) is 0 Å². The molecule has 0 unspecified atom stereocenters. The van der Waals surface area contributed by atoms with Gasteiger partial charge in [0.15, 0.2) is 0 Å². The molecule has 2 rings (SSSR count). The second-order valence-electron chi connectivity index (χ2n) is 5.07. The Hall–Kier alpha value is -1.88. The predicted molar refractivity (Wildman–Crippen MR) is 78.4 cm³/mol. The Morgan fingerprint density at radius 2 is 2.20 bits per heavy atom. The second-order valence-corrected chi connectivity index (χ2v) is 5.07. The molecule has 20 heavy (non-hydrogen) atoms. The average molecular weight is 275 g/mol. The number of carbonyl (C=O) groups excluding carboxylic acids is 2. The molecule has 0 aliphatic carbocycles. The highest BCUT2D eigenvalue weighted by atomic mass is 16.2. The van der Waals surface area contributed by atoms with Gasteiger partial charge in [-0.3, -0.25) is 14.5 Å². The Balaban J connectivity index is 1.98. The number of anilines is 1. The molecule has 1 N–H and O–H groups in total. The maximum absolute atomic E-state index is 12.0. The first-order valence-corrected chi connectivity index (χ1v) is 6.97. The summed E-state index contributed by atoms with van der Waals surface area (Å²) in [6, 6.07) is 7.77. The Labute approximate surface area is 119 Å². The van der Waals surface area contributed by atoms with E-state index in [2.05, 4.69) is 12.2 Å². The summed E-state index contributed by atoms with van der Waals surface area (Å²) in [4.78, 5) is 27.3. The zero-order valence-electron chi connectivity index (χ0n) is 12.1. The molecule has 0 atom stereocenters. The highest BCUT2D eigenvalue weighted by Crippen LogP contribution is 2.20. The molecular weight excluding hydrogens is 254 g/mol.